The van der Waals surface area contributed by atoms with Gasteiger partial charge in [-0.05, 0) is 38.0 Å². The number of aryl methyl sites for hydroxylation is 4. The van der Waals surface area contributed by atoms with Gasteiger partial charge in [0.05, 0.1) is 24.5 Å². The molecule has 0 bridgehead atoms. The molecule has 0 aliphatic carbocycles. The predicted octanol–water partition coefficient (Wildman–Crippen LogP) is 2.05. The highest BCUT2D eigenvalue weighted by Crippen LogP contribution is 2.32. The van der Waals surface area contributed by atoms with Crippen LogP contribution in [0.3, 0.4) is 0 Å². The lowest BCUT2D eigenvalue weighted by Gasteiger charge is -2.06. The molecule has 4 heterocycles. The van der Waals surface area contributed by atoms with E-state index in [-0.39, 0.29) is 17.4 Å². The number of nitrogens with two attached hydrogens (primary N) is 1. The minimum atomic E-state index is -0.679. The minimum absolute atomic E-state index is 0.00454. The second-order valence-electron chi connectivity index (χ2n) is 8.04. The van der Waals surface area contributed by atoms with Crippen LogP contribution in [0.1, 0.15) is 27.6 Å². The number of aromatic amines is 1. The summed E-state index contributed by atoms with van der Waals surface area (Å²) >= 11 is 0. The Morgan fingerprint density at radius 3 is 2.69 bits per heavy atom. The summed E-state index contributed by atoms with van der Waals surface area (Å²) in [7, 11) is 1.63. The molecule has 0 saturated carbocycles. The van der Waals surface area contributed by atoms with E-state index in [0.717, 1.165) is 11.3 Å². The molecule has 35 heavy (non-hydrogen) atoms. The van der Waals surface area contributed by atoms with Crippen molar-refractivity contribution in [1.29, 1.82) is 0 Å². The molecule has 178 valence electrons. The Hall–Kier alpha value is -4.74. The molecule has 0 radical (unpaired) electrons. The van der Waals surface area contributed by atoms with Crippen molar-refractivity contribution in [1.82, 2.24) is 39.3 Å². The summed E-state index contributed by atoms with van der Waals surface area (Å²) in [4.78, 5) is 25.1. The quantitative estimate of drug-likeness (QED) is 0.323. The van der Waals surface area contributed by atoms with E-state index in [2.05, 4.69) is 30.2 Å². The van der Waals surface area contributed by atoms with Gasteiger partial charge < -0.3 is 15.6 Å². The summed E-state index contributed by atoms with van der Waals surface area (Å²) in [6.07, 6.45) is 3.94. The van der Waals surface area contributed by atoms with E-state index >= 15 is 0 Å². The van der Waals surface area contributed by atoms with Crippen molar-refractivity contribution in [3.63, 3.8) is 0 Å². The number of carbonyl (C=O) groups is 1. The molecule has 0 fully saturated rings. The van der Waals surface area contributed by atoms with E-state index < -0.39 is 5.91 Å². The predicted molar refractivity (Wildman–Crippen MR) is 126 cm³/mol. The standard InChI is InChI=1S/C23H23N9O3/c1-12-11-31-16(10-25-12)17(26-23(31)20(24)34)21-27-22(29-28-21)18-19(33)13(2)30-32(18)9-8-14-4-6-15(35-3)7-5-14/h4-7,10-11,33H,8-9H2,1-3H3,(H2,24,34)(H,27,28,29). The maximum atomic E-state index is 11.9. The second kappa shape index (κ2) is 8.56. The van der Waals surface area contributed by atoms with Crippen molar-refractivity contribution in [3.8, 4) is 34.5 Å². The number of primary amides is 1. The topological polar surface area (TPSA) is 162 Å². The highest BCUT2D eigenvalue weighted by molar-refractivity contribution is 5.92. The normalized spacial score (nSPS) is 11.3. The summed E-state index contributed by atoms with van der Waals surface area (Å²) in [5.74, 6) is 0.704. The first-order valence-corrected chi connectivity index (χ1v) is 10.8. The molecule has 0 aliphatic rings. The van der Waals surface area contributed by atoms with Gasteiger partial charge >= 0.3 is 0 Å². The number of aromatic nitrogens is 8. The third-order valence-electron chi connectivity index (χ3n) is 5.66. The van der Waals surface area contributed by atoms with Gasteiger partial charge in [0.15, 0.2) is 11.6 Å². The van der Waals surface area contributed by atoms with Gasteiger partial charge in [0, 0.05) is 12.7 Å². The van der Waals surface area contributed by atoms with Crippen LogP contribution in [-0.2, 0) is 13.0 Å². The van der Waals surface area contributed by atoms with Crippen LogP contribution < -0.4 is 10.5 Å². The lowest BCUT2D eigenvalue weighted by atomic mass is 10.1. The highest BCUT2D eigenvalue weighted by atomic mass is 16.5. The van der Waals surface area contributed by atoms with E-state index in [1.165, 1.54) is 0 Å². The van der Waals surface area contributed by atoms with Crippen LogP contribution in [0.2, 0.25) is 0 Å². The third kappa shape index (κ3) is 3.94. The SMILES string of the molecule is COc1ccc(CCn2nc(C)c(O)c2-c2n[nH]c(-c3nc(C(N)=O)n4cc(C)ncc34)n2)cc1. The van der Waals surface area contributed by atoms with Crippen molar-refractivity contribution in [3.05, 3.63) is 59.4 Å². The number of H-pyrrole nitrogens is 1. The summed E-state index contributed by atoms with van der Waals surface area (Å²) in [6, 6.07) is 7.76. The number of carbonyl (C=O) groups excluding carboxylic acids is 1. The number of ether oxygens (including phenoxy) is 1. The molecule has 4 N–H and O–H groups in total. The number of fused-ring (bicyclic) bond motifs is 1. The molecule has 4 aromatic heterocycles. The number of hydrogen-bond donors (Lipinski definition) is 3. The average molecular weight is 473 g/mol. The van der Waals surface area contributed by atoms with Crippen LogP contribution in [0, 0.1) is 13.8 Å². The van der Waals surface area contributed by atoms with E-state index in [0.29, 0.717) is 47.1 Å². The summed E-state index contributed by atoms with van der Waals surface area (Å²) < 4.78 is 8.45. The van der Waals surface area contributed by atoms with Crippen molar-refractivity contribution >= 4 is 11.4 Å². The van der Waals surface area contributed by atoms with Crippen LogP contribution in [0.25, 0.3) is 28.6 Å². The number of nitrogens with zero attached hydrogens (tertiary/aromatic N) is 7. The Kier molecular flexibility index (Phi) is 5.40. The smallest absolute Gasteiger partial charge is 0.285 e. The van der Waals surface area contributed by atoms with Crippen molar-refractivity contribution in [2.45, 2.75) is 26.8 Å². The zero-order valence-electron chi connectivity index (χ0n) is 19.3. The molecule has 12 heteroatoms. The van der Waals surface area contributed by atoms with Crippen molar-refractivity contribution in [2.24, 2.45) is 5.73 Å². The first-order valence-electron chi connectivity index (χ1n) is 10.8. The fourth-order valence-corrected chi connectivity index (χ4v) is 3.89. The van der Waals surface area contributed by atoms with Crippen LogP contribution >= 0.6 is 0 Å². The Labute approximate surface area is 199 Å². The third-order valence-corrected chi connectivity index (χ3v) is 5.66. The molecule has 0 spiro atoms. The lowest BCUT2D eigenvalue weighted by Crippen LogP contribution is -2.15. The van der Waals surface area contributed by atoms with Gasteiger partial charge in [-0.3, -0.25) is 24.0 Å². The number of imidazole rings is 1. The summed E-state index contributed by atoms with van der Waals surface area (Å²) in [5, 5.41) is 22.3. The minimum Gasteiger partial charge on any atom is -0.504 e. The maximum Gasteiger partial charge on any atom is 0.285 e. The highest BCUT2D eigenvalue weighted by Gasteiger charge is 2.24. The molecule has 1 aromatic carbocycles. The van der Waals surface area contributed by atoms with Gasteiger partial charge in [-0.25, -0.2) is 9.97 Å². The number of hydrogen-bond acceptors (Lipinski definition) is 8. The Morgan fingerprint density at radius 2 is 1.97 bits per heavy atom. The van der Waals surface area contributed by atoms with Gasteiger partial charge in [-0.15, -0.1) is 0 Å². The molecule has 0 aliphatic heterocycles. The molecule has 0 unspecified atom stereocenters. The second-order valence-corrected chi connectivity index (χ2v) is 8.04. The zero-order chi connectivity index (χ0) is 24.7. The van der Waals surface area contributed by atoms with Crippen LogP contribution in [-0.4, -0.2) is 57.5 Å². The monoisotopic (exact) mass is 473 g/mol. The van der Waals surface area contributed by atoms with E-state index in [1.54, 1.807) is 42.4 Å². The van der Waals surface area contributed by atoms with Gasteiger partial charge in [0.1, 0.15) is 22.8 Å². The molecule has 0 saturated heterocycles. The van der Waals surface area contributed by atoms with Gasteiger partial charge in [0.25, 0.3) is 5.91 Å². The Bertz CT molecular complexity index is 1550. The molecule has 0 atom stereocenters. The molecule has 5 rings (SSSR count). The fourth-order valence-electron chi connectivity index (χ4n) is 3.89. The fraction of sp³-hybridized carbons (Fsp3) is 0.217. The molecule has 12 nitrogen and oxygen atoms in total. The van der Waals surface area contributed by atoms with Crippen LogP contribution in [0.5, 0.6) is 11.5 Å². The number of methoxy groups -OCH3 is 1. The summed E-state index contributed by atoms with van der Waals surface area (Å²) in [5.41, 5.74) is 9.06. The van der Waals surface area contributed by atoms with E-state index in [9.17, 15) is 9.90 Å². The summed E-state index contributed by atoms with van der Waals surface area (Å²) in [6.45, 7) is 4.01. The molecular weight excluding hydrogens is 450 g/mol. The van der Waals surface area contributed by atoms with E-state index in [1.807, 2.05) is 24.3 Å². The van der Waals surface area contributed by atoms with Crippen LogP contribution in [0.15, 0.2) is 36.7 Å². The van der Waals surface area contributed by atoms with Gasteiger partial charge in [-0.2, -0.15) is 10.2 Å². The first-order chi connectivity index (χ1) is 16.9. The Morgan fingerprint density at radius 1 is 1.20 bits per heavy atom. The maximum absolute atomic E-state index is 11.9. The Balaban J connectivity index is 1.50. The first kappa shape index (κ1) is 22.1. The number of nitrogens with one attached hydrogen (secondary N) is 1. The van der Waals surface area contributed by atoms with E-state index in [4.69, 9.17) is 10.5 Å². The lowest BCUT2D eigenvalue weighted by molar-refractivity contribution is 0.0990. The van der Waals surface area contributed by atoms with Crippen molar-refractivity contribution in [2.75, 3.05) is 7.11 Å². The number of rotatable bonds is 7. The average Bonchev–Trinajstić information content (AvgIpc) is 3.54. The number of amides is 1. The van der Waals surface area contributed by atoms with Gasteiger partial charge in [0.2, 0.25) is 11.6 Å². The van der Waals surface area contributed by atoms with Gasteiger partial charge in [-0.1, -0.05) is 12.1 Å². The van der Waals surface area contributed by atoms with Crippen LogP contribution in [0.4, 0.5) is 0 Å². The molecule has 5 aromatic rings. The largest absolute Gasteiger partial charge is 0.504 e. The molecular formula is C23H23N9O3. The molecule has 1 amide bonds. The zero-order valence-corrected chi connectivity index (χ0v) is 19.3. The van der Waals surface area contributed by atoms with Crippen molar-refractivity contribution < 1.29 is 14.6 Å². The number of aromatic hydroxyl groups is 1. The number of benzene rings is 1.